The number of carboxylic acid groups (broad SMARTS) is 1. The van der Waals surface area contributed by atoms with Crippen molar-refractivity contribution >= 4 is 40.3 Å². The molecule has 0 aliphatic rings. The molecule has 0 saturated carbocycles. The first kappa shape index (κ1) is 21.6. The molecule has 4 nitrogen and oxygen atoms in total. The summed E-state index contributed by atoms with van der Waals surface area (Å²) in [6.45, 7) is -0.349. The van der Waals surface area contributed by atoms with Gasteiger partial charge in [-0.25, -0.2) is 4.79 Å². The molecule has 1 atom stereocenters. The van der Waals surface area contributed by atoms with E-state index >= 15 is 0 Å². The van der Waals surface area contributed by atoms with Crippen molar-refractivity contribution < 1.29 is 19.7 Å². The fourth-order valence-electron chi connectivity index (χ4n) is 2.99. The van der Waals surface area contributed by atoms with Gasteiger partial charge in [-0.05, 0) is 41.3 Å². The smallest absolute Gasteiger partial charge is 0.341 e. The lowest BCUT2D eigenvalue weighted by Gasteiger charge is -2.12. The second kappa shape index (κ2) is 11.1. The summed E-state index contributed by atoms with van der Waals surface area (Å²) in [5, 5.41) is 21.1. The molecule has 0 radical (unpaired) electrons. The Labute approximate surface area is 179 Å². The molecule has 0 aliphatic heterocycles. The first-order chi connectivity index (χ1) is 14.1. The molecular weight excluding hydrogens is 404 g/mol. The van der Waals surface area contributed by atoms with Gasteiger partial charge >= 0.3 is 5.97 Å². The van der Waals surface area contributed by atoms with Crippen LogP contribution in [0.15, 0.2) is 71.6 Å². The molecular formula is C23H24O4S2. The monoisotopic (exact) mass is 428 g/mol. The quantitative estimate of drug-likeness (QED) is 0.340. The minimum absolute atomic E-state index is 0.339. The second-order valence-electron chi connectivity index (χ2n) is 6.55. The number of thioether (sulfide) groups is 2. The van der Waals surface area contributed by atoms with E-state index in [0.717, 1.165) is 22.9 Å². The fraction of sp³-hybridized carbons (Fsp3) is 0.261. The zero-order valence-corrected chi connectivity index (χ0v) is 17.6. The van der Waals surface area contributed by atoms with Gasteiger partial charge in [0.1, 0.15) is 5.75 Å². The lowest BCUT2D eigenvalue weighted by Crippen LogP contribution is -2.13. The molecule has 2 N–H and O–H groups in total. The van der Waals surface area contributed by atoms with Crippen LogP contribution >= 0.6 is 23.5 Å². The summed E-state index contributed by atoms with van der Waals surface area (Å²) in [5.74, 6) is 1.91. The van der Waals surface area contributed by atoms with Crippen LogP contribution < -0.4 is 4.74 Å². The van der Waals surface area contributed by atoms with Gasteiger partial charge in [-0.15, -0.1) is 11.8 Å². The van der Waals surface area contributed by atoms with Crippen molar-refractivity contribution in [1.29, 1.82) is 0 Å². The Kier molecular flexibility index (Phi) is 8.28. The maximum absolute atomic E-state index is 10.8. The number of aliphatic hydroxyl groups is 1. The van der Waals surface area contributed by atoms with Crippen molar-refractivity contribution in [3.63, 3.8) is 0 Å². The van der Waals surface area contributed by atoms with Crippen molar-refractivity contribution in [1.82, 2.24) is 0 Å². The Morgan fingerprint density at radius 1 is 0.931 bits per heavy atom. The van der Waals surface area contributed by atoms with Crippen LogP contribution in [-0.4, -0.2) is 46.2 Å². The van der Waals surface area contributed by atoms with Crippen molar-refractivity contribution in [3.05, 3.63) is 72.3 Å². The average Bonchev–Trinajstić information content (AvgIpc) is 2.74. The lowest BCUT2D eigenvalue weighted by atomic mass is 10.0. The second-order valence-corrected chi connectivity index (χ2v) is 8.80. The van der Waals surface area contributed by atoms with Gasteiger partial charge in [0, 0.05) is 21.8 Å². The minimum atomic E-state index is -0.987. The van der Waals surface area contributed by atoms with Gasteiger partial charge in [-0.3, -0.25) is 0 Å². The van der Waals surface area contributed by atoms with Gasteiger partial charge in [-0.2, -0.15) is 11.8 Å². The van der Waals surface area contributed by atoms with E-state index in [2.05, 4.69) is 18.2 Å². The number of aliphatic carboxylic acids is 1. The number of hydrogen-bond donors (Lipinski definition) is 2. The normalized spacial score (nSPS) is 12.0. The molecule has 29 heavy (non-hydrogen) atoms. The highest BCUT2D eigenvalue weighted by Crippen LogP contribution is 2.29. The molecule has 3 rings (SSSR count). The molecule has 0 amide bonds. The van der Waals surface area contributed by atoms with E-state index in [1.54, 1.807) is 29.6 Å². The topological polar surface area (TPSA) is 66.8 Å². The third-order valence-electron chi connectivity index (χ3n) is 4.34. The van der Waals surface area contributed by atoms with Crippen molar-refractivity contribution in [2.75, 3.05) is 23.9 Å². The number of rotatable bonds is 11. The van der Waals surface area contributed by atoms with Gasteiger partial charge in [-0.1, -0.05) is 48.5 Å². The highest BCUT2D eigenvalue weighted by atomic mass is 32.2. The SMILES string of the molecule is O=C(O)COc1cccc2c(CCSCC(O)CSc3ccccc3)cccc12. The van der Waals surface area contributed by atoms with E-state index in [4.69, 9.17) is 9.84 Å². The summed E-state index contributed by atoms with van der Waals surface area (Å²) in [5.41, 5.74) is 1.20. The number of hydrogen-bond acceptors (Lipinski definition) is 5. The van der Waals surface area contributed by atoms with E-state index in [9.17, 15) is 9.90 Å². The maximum atomic E-state index is 10.8. The molecule has 0 fully saturated rings. The Bertz CT molecular complexity index is 931. The molecule has 0 heterocycles. The third-order valence-corrected chi connectivity index (χ3v) is 6.61. The molecule has 152 valence electrons. The van der Waals surface area contributed by atoms with E-state index in [0.29, 0.717) is 17.3 Å². The van der Waals surface area contributed by atoms with Crippen LogP contribution in [0.3, 0.4) is 0 Å². The molecule has 0 aromatic heterocycles. The van der Waals surface area contributed by atoms with Crippen molar-refractivity contribution in [2.45, 2.75) is 17.4 Å². The summed E-state index contributed by atoms with van der Waals surface area (Å²) >= 11 is 3.42. The zero-order chi connectivity index (χ0) is 20.5. The summed E-state index contributed by atoms with van der Waals surface area (Å²) in [6.07, 6.45) is 0.539. The van der Waals surface area contributed by atoms with E-state index in [1.165, 1.54) is 10.5 Å². The first-order valence-electron chi connectivity index (χ1n) is 9.42. The average molecular weight is 429 g/mol. The Hall–Kier alpha value is -2.15. The van der Waals surface area contributed by atoms with Crippen LogP contribution in [0.5, 0.6) is 5.75 Å². The highest BCUT2D eigenvalue weighted by Gasteiger charge is 2.09. The summed E-state index contributed by atoms with van der Waals surface area (Å²) in [7, 11) is 0. The van der Waals surface area contributed by atoms with Crippen LogP contribution in [0, 0.1) is 0 Å². The van der Waals surface area contributed by atoms with Crippen molar-refractivity contribution in [3.8, 4) is 5.75 Å². The summed E-state index contributed by atoms with van der Waals surface area (Å²) in [4.78, 5) is 12.0. The molecule has 0 bridgehead atoms. The largest absolute Gasteiger partial charge is 0.481 e. The lowest BCUT2D eigenvalue weighted by molar-refractivity contribution is -0.139. The molecule has 1 unspecified atom stereocenters. The van der Waals surface area contributed by atoms with Crippen LogP contribution in [0.2, 0.25) is 0 Å². The number of fused-ring (bicyclic) bond motifs is 1. The predicted octanol–water partition coefficient (Wildman–Crippen LogP) is 4.73. The predicted molar refractivity (Wildman–Crippen MR) is 121 cm³/mol. The van der Waals surface area contributed by atoms with Gasteiger partial charge in [0.2, 0.25) is 0 Å². The summed E-state index contributed by atoms with van der Waals surface area (Å²) in [6, 6.07) is 21.8. The molecule has 3 aromatic rings. The van der Waals surface area contributed by atoms with E-state index in [1.807, 2.05) is 42.5 Å². The minimum Gasteiger partial charge on any atom is -0.481 e. The van der Waals surface area contributed by atoms with E-state index in [-0.39, 0.29) is 12.7 Å². The Morgan fingerprint density at radius 3 is 2.48 bits per heavy atom. The van der Waals surface area contributed by atoms with Gasteiger partial charge in [0.15, 0.2) is 6.61 Å². The molecule has 6 heteroatoms. The highest BCUT2D eigenvalue weighted by molar-refractivity contribution is 8.00. The number of carboxylic acids is 1. The Balaban J connectivity index is 1.50. The van der Waals surface area contributed by atoms with Crippen LogP contribution in [0.25, 0.3) is 10.8 Å². The molecule has 3 aromatic carbocycles. The standard InChI is InChI=1S/C23H24O4S2/c24-18(16-29-19-7-2-1-3-8-19)15-28-13-12-17-6-4-10-21-20(17)9-5-11-22(21)27-14-23(25)26/h1-11,18,24H,12-16H2,(H,25,26). The Morgan fingerprint density at radius 2 is 1.69 bits per heavy atom. The molecule has 0 saturated heterocycles. The number of ether oxygens (including phenoxy) is 1. The third kappa shape index (κ3) is 6.70. The maximum Gasteiger partial charge on any atom is 0.341 e. The van der Waals surface area contributed by atoms with Crippen molar-refractivity contribution in [2.24, 2.45) is 0 Å². The number of aryl methyl sites for hydroxylation is 1. The molecule has 0 spiro atoms. The van der Waals surface area contributed by atoms with Gasteiger partial charge in [0.05, 0.1) is 6.10 Å². The fourth-order valence-corrected chi connectivity index (χ4v) is 4.91. The van der Waals surface area contributed by atoms with Crippen LogP contribution in [0.4, 0.5) is 0 Å². The molecule has 0 aliphatic carbocycles. The van der Waals surface area contributed by atoms with E-state index < -0.39 is 5.97 Å². The van der Waals surface area contributed by atoms with Crippen LogP contribution in [-0.2, 0) is 11.2 Å². The first-order valence-corrected chi connectivity index (χ1v) is 11.6. The number of aliphatic hydroxyl groups excluding tert-OH is 1. The van der Waals surface area contributed by atoms with Gasteiger partial charge in [0.25, 0.3) is 0 Å². The zero-order valence-electron chi connectivity index (χ0n) is 16.0. The van der Waals surface area contributed by atoms with Crippen LogP contribution in [0.1, 0.15) is 5.56 Å². The number of benzene rings is 3. The van der Waals surface area contributed by atoms with Gasteiger partial charge < -0.3 is 14.9 Å². The number of carbonyl (C=O) groups is 1. The summed E-state index contributed by atoms with van der Waals surface area (Å²) < 4.78 is 5.42.